The number of hydrogen-bond donors (Lipinski definition) is 1. The van der Waals surface area contributed by atoms with E-state index >= 15 is 0 Å². The van der Waals surface area contributed by atoms with Crippen molar-refractivity contribution in [2.75, 3.05) is 6.54 Å². The van der Waals surface area contributed by atoms with Gasteiger partial charge in [0.1, 0.15) is 9.46 Å². The Hall–Kier alpha value is -0.880. The van der Waals surface area contributed by atoms with Gasteiger partial charge in [0, 0.05) is 6.54 Å². The van der Waals surface area contributed by atoms with E-state index in [1.165, 1.54) is 11.3 Å². The van der Waals surface area contributed by atoms with Crippen LogP contribution in [0.15, 0.2) is 52.1 Å². The lowest BCUT2D eigenvalue weighted by Crippen LogP contribution is -2.21. The van der Waals surface area contributed by atoms with Gasteiger partial charge >= 0.3 is 0 Å². The van der Waals surface area contributed by atoms with E-state index in [1.807, 2.05) is 18.2 Å². The van der Waals surface area contributed by atoms with Crippen LogP contribution < -0.4 is 5.73 Å². The zero-order chi connectivity index (χ0) is 12.3. The second-order valence-electron chi connectivity index (χ2n) is 3.61. The summed E-state index contributed by atoms with van der Waals surface area (Å²) in [4.78, 5) is 0. The third-order valence-corrected chi connectivity index (χ3v) is 6.09. The molecule has 2 rings (SSSR count). The summed E-state index contributed by atoms with van der Waals surface area (Å²) in [6.07, 6.45) is 0. The Labute approximate surface area is 117 Å². The minimum Gasteiger partial charge on any atom is -0.329 e. The summed E-state index contributed by atoms with van der Waals surface area (Å²) in [7, 11) is -3.37. The van der Waals surface area contributed by atoms with Crippen molar-refractivity contribution in [1.82, 2.24) is 0 Å². The van der Waals surface area contributed by atoms with Gasteiger partial charge in [0.2, 0.25) is 0 Å². The molecule has 0 spiro atoms. The standard InChI is InChI=1S/C12H13NO2S2.ClH/c13-9-11(10-5-2-1-3-6-10)17(14,15)12-7-4-8-16-12;/h1-8,11H,9,13H2;1H. The van der Waals surface area contributed by atoms with Crippen LogP contribution in [0, 0.1) is 0 Å². The lowest BCUT2D eigenvalue weighted by molar-refractivity contribution is 0.584. The molecule has 0 radical (unpaired) electrons. The van der Waals surface area contributed by atoms with Crippen molar-refractivity contribution in [2.24, 2.45) is 5.73 Å². The highest BCUT2D eigenvalue weighted by molar-refractivity contribution is 7.93. The van der Waals surface area contributed by atoms with Crippen LogP contribution in [0.25, 0.3) is 0 Å². The monoisotopic (exact) mass is 303 g/mol. The number of rotatable bonds is 4. The molecule has 2 aromatic rings. The lowest BCUT2D eigenvalue weighted by atomic mass is 10.1. The number of benzene rings is 1. The Balaban J connectivity index is 0.00000162. The van der Waals surface area contributed by atoms with E-state index in [2.05, 4.69) is 0 Å². The first-order valence-corrected chi connectivity index (χ1v) is 7.61. The Bertz CT molecular complexity index is 567. The molecule has 98 valence electrons. The van der Waals surface area contributed by atoms with E-state index in [-0.39, 0.29) is 19.0 Å². The fourth-order valence-corrected chi connectivity index (χ4v) is 4.49. The number of hydrogen-bond acceptors (Lipinski definition) is 4. The molecule has 1 unspecified atom stereocenters. The molecule has 0 saturated carbocycles. The maximum Gasteiger partial charge on any atom is 0.195 e. The molecule has 0 fully saturated rings. The van der Waals surface area contributed by atoms with Crippen molar-refractivity contribution in [3.8, 4) is 0 Å². The van der Waals surface area contributed by atoms with Gasteiger partial charge in [-0.15, -0.1) is 23.7 Å². The summed E-state index contributed by atoms with van der Waals surface area (Å²) in [6.45, 7) is 0.0875. The molecule has 0 amide bonds. The van der Waals surface area contributed by atoms with Gasteiger partial charge in [-0.1, -0.05) is 36.4 Å². The zero-order valence-corrected chi connectivity index (χ0v) is 12.0. The Morgan fingerprint density at radius 3 is 2.28 bits per heavy atom. The van der Waals surface area contributed by atoms with Gasteiger partial charge in [-0.25, -0.2) is 8.42 Å². The first kappa shape index (κ1) is 15.2. The largest absolute Gasteiger partial charge is 0.329 e. The van der Waals surface area contributed by atoms with E-state index in [0.717, 1.165) is 5.56 Å². The van der Waals surface area contributed by atoms with E-state index < -0.39 is 15.1 Å². The predicted octanol–water partition coefficient (Wildman–Crippen LogP) is 2.64. The van der Waals surface area contributed by atoms with Crippen molar-refractivity contribution >= 4 is 33.6 Å². The highest BCUT2D eigenvalue weighted by atomic mass is 35.5. The fourth-order valence-electron chi connectivity index (χ4n) is 1.68. The lowest BCUT2D eigenvalue weighted by Gasteiger charge is -2.14. The molecule has 0 aliphatic carbocycles. The molecule has 18 heavy (non-hydrogen) atoms. The second-order valence-corrected chi connectivity index (χ2v) is 6.92. The van der Waals surface area contributed by atoms with Crippen LogP contribution in [0.4, 0.5) is 0 Å². The van der Waals surface area contributed by atoms with Crippen LogP contribution in [-0.2, 0) is 9.84 Å². The molecule has 0 aliphatic heterocycles. The number of halogens is 1. The summed E-state index contributed by atoms with van der Waals surface area (Å²) < 4.78 is 25.1. The van der Waals surface area contributed by atoms with Crippen molar-refractivity contribution in [3.63, 3.8) is 0 Å². The normalized spacial score (nSPS) is 12.7. The maximum atomic E-state index is 12.4. The molecule has 1 aromatic carbocycles. The van der Waals surface area contributed by atoms with Crippen molar-refractivity contribution < 1.29 is 8.42 Å². The van der Waals surface area contributed by atoms with Gasteiger partial charge < -0.3 is 5.73 Å². The Kier molecular flexibility index (Phi) is 5.34. The first-order chi connectivity index (χ1) is 8.16. The SMILES string of the molecule is Cl.NCC(c1ccccc1)S(=O)(=O)c1cccs1. The smallest absolute Gasteiger partial charge is 0.195 e. The van der Waals surface area contributed by atoms with E-state index in [1.54, 1.807) is 29.6 Å². The van der Waals surface area contributed by atoms with Crippen molar-refractivity contribution in [3.05, 3.63) is 53.4 Å². The summed E-state index contributed by atoms with van der Waals surface area (Å²) >= 11 is 1.22. The average molecular weight is 304 g/mol. The van der Waals surface area contributed by atoms with E-state index in [0.29, 0.717) is 4.21 Å². The number of sulfone groups is 1. The molecule has 0 bridgehead atoms. The molecule has 1 aromatic heterocycles. The van der Waals surface area contributed by atoms with Gasteiger partial charge in [-0.2, -0.15) is 0 Å². The third-order valence-electron chi connectivity index (χ3n) is 2.54. The topological polar surface area (TPSA) is 60.2 Å². The first-order valence-electron chi connectivity index (χ1n) is 5.18. The number of thiophene rings is 1. The summed E-state index contributed by atoms with van der Waals surface area (Å²) in [6, 6.07) is 12.4. The van der Waals surface area contributed by atoms with Crippen LogP contribution in [-0.4, -0.2) is 15.0 Å². The fraction of sp³-hybridized carbons (Fsp3) is 0.167. The second kappa shape index (κ2) is 6.33. The molecule has 0 aliphatic rings. The molecule has 1 atom stereocenters. The molecular formula is C12H14ClNO2S2. The zero-order valence-electron chi connectivity index (χ0n) is 9.52. The van der Waals surface area contributed by atoms with Crippen LogP contribution in [0.3, 0.4) is 0 Å². The summed E-state index contributed by atoms with van der Waals surface area (Å²) in [5, 5.41) is 1.09. The minimum atomic E-state index is -3.37. The van der Waals surface area contributed by atoms with Gasteiger partial charge in [0.25, 0.3) is 0 Å². The summed E-state index contributed by atoms with van der Waals surface area (Å²) in [5.74, 6) is 0. The minimum absolute atomic E-state index is 0. The van der Waals surface area contributed by atoms with Crippen LogP contribution in [0.5, 0.6) is 0 Å². The van der Waals surface area contributed by atoms with Crippen molar-refractivity contribution in [2.45, 2.75) is 9.46 Å². The van der Waals surface area contributed by atoms with Gasteiger partial charge in [0.05, 0.1) is 0 Å². The van der Waals surface area contributed by atoms with Gasteiger partial charge in [-0.05, 0) is 17.0 Å². The van der Waals surface area contributed by atoms with E-state index in [9.17, 15) is 8.42 Å². The molecular weight excluding hydrogens is 290 g/mol. The van der Waals surface area contributed by atoms with E-state index in [4.69, 9.17) is 5.73 Å². The van der Waals surface area contributed by atoms with Gasteiger partial charge in [-0.3, -0.25) is 0 Å². The maximum absolute atomic E-state index is 12.4. The van der Waals surface area contributed by atoms with Crippen molar-refractivity contribution in [1.29, 1.82) is 0 Å². The predicted molar refractivity (Wildman–Crippen MR) is 77.0 cm³/mol. The van der Waals surface area contributed by atoms with Crippen LogP contribution >= 0.6 is 23.7 Å². The molecule has 3 nitrogen and oxygen atoms in total. The van der Waals surface area contributed by atoms with Gasteiger partial charge in [0.15, 0.2) is 9.84 Å². The Morgan fingerprint density at radius 1 is 1.11 bits per heavy atom. The van der Waals surface area contributed by atoms with Crippen LogP contribution in [0.2, 0.25) is 0 Å². The average Bonchev–Trinajstić information content (AvgIpc) is 2.85. The highest BCUT2D eigenvalue weighted by Crippen LogP contribution is 2.30. The third kappa shape index (κ3) is 2.92. The molecule has 0 saturated heterocycles. The molecule has 2 N–H and O–H groups in total. The summed E-state index contributed by atoms with van der Waals surface area (Å²) in [5.41, 5.74) is 6.36. The highest BCUT2D eigenvalue weighted by Gasteiger charge is 2.28. The number of nitrogens with two attached hydrogens (primary N) is 1. The molecule has 6 heteroatoms. The Morgan fingerprint density at radius 2 is 1.78 bits per heavy atom. The van der Waals surface area contributed by atoms with Crippen LogP contribution in [0.1, 0.15) is 10.8 Å². The quantitative estimate of drug-likeness (QED) is 0.944. The molecule has 1 heterocycles.